The van der Waals surface area contributed by atoms with Crippen molar-refractivity contribution in [3.63, 3.8) is 0 Å². The van der Waals surface area contributed by atoms with Crippen LogP contribution in [0.25, 0.3) is 0 Å². The van der Waals surface area contributed by atoms with E-state index in [0.717, 1.165) is 12.3 Å². The first-order chi connectivity index (χ1) is 7.97. The molecule has 0 aliphatic carbocycles. The van der Waals surface area contributed by atoms with Crippen LogP contribution in [-0.4, -0.2) is 46.0 Å². The van der Waals surface area contributed by atoms with Gasteiger partial charge in [-0.05, 0) is 6.07 Å². The van der Waals surface area contributed by atoms with Crippen LogP contribution in [0.2, 0.25) is 0 Å². The van der Waals surface area contributed by atoms with Crippen molar-refractivity contribution in [1.82, 2.24) is 9.88 Å². The van der Waals surface area contributed by atoms with Crippen LogP contribution in [0.4, 0.5) is 11.5 Å². The monoisotopic (exact) mass is 240 g/mol. The van der Waals surface area contributed by atoms with Gasteiger partial charge in [0.1, 0.15) is 17.6 Å². The summed E-state index contributed by atoms with van der Waals surface area (Å²) in [5.74, 6) is -0.559. The highest BCUT2D eigenvalue weighted by molar-refractivity contribution is 5.98. The van der Waals surface area contributed by atoms with Crippen molar-refractivity contribution in [2.75, 3.05) is 25.9 Å². The van der Waals surface area contributed by atoms with Gasteiger partial charge >= 0.3 is 0 Å². The van der Waals surface area contributed by atoms with E-state index in [4.69, 9.17) is 10.8 Å². The molecule has 3 N–H and O–H groups in total. The Morgan fingerprint density at radius 1 is 1.71 bits per heavy atom. The molecule has 0 spiro atoms. The molecule has 0 radical (unpaired) electrons. The van der Waals surface area contributed by atoms with Crippen molar-refractivity contribution in [3.8, 4) is 0 Å². The summed E-state index contributed by atoms with van der Waals surface area (Å²) in [5.41, 5.74) is 4.84. The fraction of sp³-hybridized carbons (Fsp3) is 0.333. The largest absolute Gasteiger partial charge is 0.395 e. The number of amides is 1. The third-order valence-corrected chi connectivity index (χ3v) is 2.11. The van der Waals surface area contributed by atoms with E-state index in [1.54, 1.807) is 0 Å². The molecule has 0 aromatic carbocycles. The summed E-state index contributed by atoms with van der Waals surface area (Å²) in [4.78, 5) is 26.6. The van der Waals surface area contributed by atoms with E-state index in [0.29, 0.717) is 0 Å². The molecule has 8 nitrogen and oxygen atoms in total. The van der Waals surface area contributed by atoms with Crippen LogP contribution < -0.4 is 5.73 Å². The van der Waals surface area contributed by atoms with Crippen LogP contribution in [0.5, 0.6) is 0 Å². The Labute approximate surface area is 96.8 Å². The standard InChI is InChI=1S/C9H12N4O4/c1-12(2-3-14)9(15)6-4-8(10)11-5-7(6)13(16)17/h4-5,14H,2-3H2,1H3,(H2,10,11). The van der Waals surface area contributed by atoms with Crippen LogP contribution in [-0.2, 0) is 0 Å². The number of carbonyl (C=O) groups excluding carboxylic acids is 1. The van der Waals surface area contributed by atoms with E-state index in [1.165, 1.54) is 11.9 Å². The summed E-state index contributed by atoms with van der Waals surface area (Å²) < 4.78 is 0. The first-order valence-electron chi connectivity index (χ1n) is 4.73. The maximum atomic E-state index is 11.8. The number of anilines is 1. The molecule has 1 rings (SSSR count). The lowest BCUT2D eigenvalue weighted by molar-refractivity contribution is -0.385. The number of pyridine rings is 1. The van der Waals surface area contributed by atoms with E-state index in [9.17, 15) is 14.9 Å². The minimum Gasteiger partial charge on any atom is -0.395 e. The number of carbonyl (C=O) groups is 1. The van der Waals surface area contributed by atoms with E-state index in [-0.39, 0.29) is 24.5 Å². The number of aliphatic hydroxyl groups is 1. The Balaban J connectivity index is 3.15. The van der Waals surface area contributed by atoms with Crippen molar-refractivity contribution >= 4 is 17.4 Å². The number of rotatable bonds is 4. The Morgan fingerprint density at radius 3 is 2.88 bits per heavy atom. The van der Waals surface area contributed by atoms with Gasteiger partial charge in [0.05, 0.1) is 11.5 Å². The Bertz CT molecular complexity index is 449. The molecule has 0 aliphatic rings. The van der Waals surface area contributed by atoms with Crippen LogP contribution >= 0.6 is 0 Å². The zero-order valence-corrected chi connectivity index (χ0v) is 9.16. The van der Waals surface area contributed by atoms with Gasteiger partial charge in [-0.15, -0.1) is 0 Å². The van der Waals surface area contributed by atoms with Crippen molar-refractivity contribution < 1.29 is 14.8 Å². The number of likely N-dealkylation sites (N-methyl/N-ethyl adjacent to an activating group) is 1. The maximum absolute atomic E-state index is 11.8. The lowest BCUT2D eigenvalue weighted by Crippen LogP contribution is -2.30. The summed E-state index contributed by atoms with van der Waals surface area (Å²) in [6, 6.07) is 1.15. The molecule has 0 bridgehead atoms. The lowest BCUT2D eigenvalue weighted by atomic mass is 10.2. The Kier molecular flexibility index (Phi) is 3.94. The Hall–Kier alpha value is -2.22. The number of nitrogens with two attached hydrogens (primary N) is 1. The summed E-state index contributed by atoms with van der Waals surface area (Å²) in [7, 11) is 1.43. The number of nitrogen functional groups attached to an aromatic ring is 1. The van der Waals surface area contributed by atoms with E-state index in [2.05, 4.69) is 4.98 Å². The minimum absolute atomic E-state index is 0.0244. The predicted molar refractivity (Wildman–Crippen MR) is 59.4 cm³/mol. The smallest absolute Gasteiger partial charge is 0.300 e. The van der Waals surface area contributed by atoms with Crippen LogP contribution in [0.3, 0.4) is 0 Å². The van der Waals surface area contributed by atoms with Gasteiger partial charge in [0.25, 0.3) is 11.6 Å². The first-order valence-corrected chi connectivity index (χ1v) is 4.73. The molecule has 1 heterocycles. The molecule has 1 amide bonds. The van der Waals surface area contributed by atoms with Gasteiger partial charge in [-0.3, -0.25) is 14.9 Å². The zero-order valence-electron chi connectivity index (χ0n) is 9.16. The van der Waals surface area contributed by atoms with Crippen molar-refractivity contribution in [2.45, 2.75) is 0 Å². The molecule has 0 fully saturated rings. The average molecular weight is 240 g/mol. The zero-order chi connectivity index (χ0) is 13.0. The fourth-order valence-electron chi connectivity index (χ4n) is 1.24. The second kappa shape index (κ2) is 5.21. The normalized spacial score (nSPS) is 10.0. The van der Waals surface area contributed by atoms with Crippen molar-refractivity contribution in [2.24, 2.45) is 0 Å². The number of hydrogen-bond donors (Lipinski definition) is 2. The van der Waals surface area contributed by atoms with Crippen molar-refractivity contribution in [1.29, 1.82) is 0 Å². The summed E-state index contributed by atoms with van der Waals surface area (Å²) in [6.45, 7) is -0.144. The Morgan fingerprint density at radius 2 is 2.35 bits per heavy atom. The lowest BCUT2D eigenvalue weighted by Gasteiger charge is -2.15. The molecular weight excluding hydrogens is 228 g/mol. The second-order valence-electron chi connectivity index (χ2n) is 3.33. The van der Waals surface area contributed by atoms with Crippen LogP contribution in [0, 0.1) is 10.1 Å². The van der Waals surface area contributed by atoms with Gasteiger partial charge < -0.3 is 15.7 Å². The van der Waals surface area contributed by atoms with E-state index >= 15 is 0 Å². The van der Waals surface area contributed by atoms with Gasteiger partial charge in [0.2, 0.25) is 0 Å². The number of aliphatic hydroxyl groups excluding tert-OH is 1. The molecule has 8 heteroatoms. The van der Waals surface area contributed by atoms with Gasteiger partial charge in [0.15, 0.2) is 0 Å². The third kappa shape index (κ3) is 2.88. The van der Waals surface area contributed by atoms with Gasteiger partial charge in [-0.2, -0.15) is 0 Å². The predicted octanol–water partition coefficient (Wildman–Crippen LogP) is -0.364. The molecule has 0 saturated carbocycles. The van der Waals surface area contributed by atoms with Crippen LogP contribution in [0.1, 0.15) is 10.4 Å². The number of hydrogen-bond acceptors (Lipinski definition) is 6. The summed E-state index contributed by atoms with van der Waals surface area (Å²) in [5, 5.41) is 19.4. The molecule has 0 saturated heterocycles. The molecule has 0 aliphatic heterocycles. The van der Waals surface area contributed by atoms with E-state index < -0.39 is 16.5 Å². The summed E-state index contributed by atoms with van der Waals surface area (Å²) in [6.07, 6.45) is 0.940. The third-order valence-electron chi connectivity index (χ3n) is 2.11. The number of aromatic nitrogens is 1. The van der Waals surface area contributed by atoms with Crippen molar-refractivity contribution in [3.05, 3.63) is 27.9 Å². The first kappa shape index (κ1) is 12.8. The highest BCUT2D eigenvalue weighted by Gasteiger charge is 2.23. The quantitative estimate of drug-likeness (QED) is 0.547. The molecule has 1 aromatic heterocycles. The van der Waals surface area contributed by atoms with Crippen LogP contribution in [0.15, 0.2) is 12.3 Å². The molecule has 0 atom stereocenters. The highest BCUT2D eigenvalue weighted by Crippen LogP contribution is 2.20. The minimum atomic E-state index is -0.702. The number of nitrogens with zero attached hydrogens (tertiary/aromatic N) is 3. The molecule has 0 unspecified atom stereocenters. The topological polar surface area (TPSA) is 123 Å². The molecular formula is C9H12N4O4. The molecule has 1 aromatic rings. The average Bonchev–Trinajstić information content (AvgIpc) is 2.27. The molecule has 92 valence electrons. The van der Waals surface area contributed by atoms with E-state index in [1.807, 2.05) is 0 Å². The molecule has 17 heavy (non-hydrogen) atoms. The maximum Gasteiger partial charge on any atom is 0.300 e. The van der Waals surface area contributed by atoms with Gasteiger partial charge in [-0.1, -0.05) is 0 Å². The second-order valence-corrected chi connectivity index (χ2v) is 3.33. The van der Waals surface area contributed by atoms with Gasteiger partial charge in [-0.25, -0.2) is 4.98 Å². The number of nitro groups is 1. The van der Waals surface area contributed by atoms with Gasteiger partial charge in [0, 0.05) is 13.6 Å². The highest BCUT2D eigenvalue weighted by atomic mass is 16.6. The fourth-order valence-corrected chi connectivity index (χ4v) is 1.24. The summed E-state index contributed by atoms with van der Waals surface area (Å²) >= 11 is 0. The SMILES string of the molecule is CN(CCO)C(=O)c1cc(N)ncc1[N+](=O)[O-].